The number of hydrogen-bond donors (Lipinski definition) is 0. The van der Waals surface area contributed by atoms with E-state index in [4.69, 9.17) is 4.74 Å². The fourth-order valence-corrected chi connectivity index (χ4v) is 2.29. The van der Waals surface area contributed by atoms with Gasteiger partial charge < -0.3 is 4.74 Å². The second-order valence-corrected chi connectivity index (χ2v) is 4.71. The SMILES string of the molecule is C=CCCOC(C1=CCCCC1=O)c1ccccc1. The first-order chi connectivity index (χ1) is 9.33. The summed E-state index contributed by atoms with van der Waals surface area (Å²) in [5.41, 5.74) is 1.87. The summed E-state index contributed by atoms with van der Waals surface area (Å²) in [5.74, 6) is 0.221. The molecular formula is C17H20O2. The zero-order valence-electron chi connectivity index (χ0n) is 11.2. The lowest BCUT2D eigenvalue weighted by molar-refractivity contribution is -0.117. The number of ketones is 1. The van der Waals surface area contributed by atoms with Gasteiger partial charge >= 0.3 is 0 Å². The van der Waals surface area contributed by atoms with Crippen LogP contribution in [-0.4, -0.2) is 12.4 Å². The molecule has 0 saturated carbocycles. The van der Waals surface area contributed by atoms with Crippen LogP contribution in [0.15, 0.2) is 54.6 Å². The van der Waals surface area contributed by atoms with Crippen LogP contribution in [0.25, 0.3) is 0 Å². The average Bonchev–Trinajstić information content (AvgIpc) is 2.46. The third-order valence-electron chi connectivity index (χ3n) is 3.29. The van der Waals surface area contributed by atoms with Gasteiger partial charge in [0, 0.05) is 12.0 Å². The molecule has 0 aromatic heterocycles. The van der Waals surface area contributed by atoms with Gasteiger partial charge in [-0.2, -0.15) is 0 Å². The Bertz CT molecular complexity index is 459. The van der Waals surface area contributed by atoms with Crippen LogP contribution in [-0.2, 0) is 9.53 Å². The smallest absolute Gasteiger partial charge is 0.161 e. The Morgan fingerprint density at radius 2 is 2.11 bits per heavy atom. The lowest BCUT2D eigenvalue weighted by Gasteiger charge is -2.23. The van der Waals surface area contributed by atoms with Gasteiger partial charge in [0.05, 0.1) is 6.61 Å². The van der Waals surface area contributed by atoms with Gasteiger partial charge in [0.1, 0.15) is 6.10 Å². The van der Waals surface area contributed by atoms with Crippen LogP contribution in [0.1, 0.15) is 37.4 Å². The molecule has 2 nitrogen and oxygen atoms in total. The number of allylic oxidation sites excluding steroid dienone is 1. The monoisotopic (exact) mass is 256 g/mol. The van der Waals surface area contributed by atoms with Crippen LogP contribution in [0.5, 0.6) is 0 Å². The molecule has 0 spiro atoms. The molecule has 1 aromatic carbocycles. The molecule has 1 unspecified atom stereocenters. The molecule has 0 saturated heterocycles. The van der Waals surface area contributed by atoms with E-state index >= 15 is 0 Å². The van der Waals surface area contributed by atoms with E-state index in [-0.39, 0.29) is 11.9 Å². The van der Waals surface area contributed by atoms with Crippen molar-refractivity contribution in [2.24, 2.45) is 0 Å². The van der Waals surface area contributed by atoms with Crippen LogP contribution >= 0.6 is 0 Å². The highest BCUT2D eigenvalue weighted by Crippen LogP contribution is 2.30. The van der Waals surface area contributed by atoms with Crippen molar-refractivity contribution in [2.75, 3.05) is 6.61 Å². The topological polar surface area (TPSA) is 26.3 Å². The molecule has 19 heavy (non-hydrogen) atoms. The van der Waals surface area contributed by atoms with Crippen molar-refractivity contribution in [2.45, 2.75) is 31.8 Å². The molecule has 0 N–H and O–H groups in total. The van der Waals surface area contributed by atoms with E-state index in [1.165, 1.54) is 0 Å². The summed E-state index contributed by atoms with van der Waals surface area (Å²) in [6.45, 7) is 4.29. The summed E-state index contributed by atoms with van der Waals surface area (Å²) in [6, 6.07) is 9.96. The first-order valence-corrected chi connectivity index (χ1v) is 6.83. The Hall–Kier alpha value is -1.67. The normalized spacial score (nSPS) is 16.8. The predicted molar refractivity (Wildman–Crippen MR) is 76.9 cm³/mol. The van der Waals surface area contributed by atoms with Crippen LogP contribution < -0.4 is 0 Å². The van der Waals surface area contributed by atoms with Crippen LogP contribution in [0.4, 0.5) is 0 Å². The first-order valence-electron chi connectivity index (χ1n) is 6.83. The van der Waals surface area contributed by atoms with Crippen molar-refractivity contribution in [3.8, 4) is 0 Å². The van der Waals surface area contributed by atoms with Crippen molar-refractivity contribution in [1.82, 2.24) is 0 Å². The fraction of sp³-hybridized carbons (Fsp3) is 0.353. The van der Waals surface area contributed by atoms with Gasteiger partial charge in [0.2, 0.25) is 0 Å². The second kappa shape index (κ2) is 7.05. The fourth-order valence-electron chi connectivity index (χ4n) is 2.29. The minimum atomic E-state index is -0.228. The third kappa shape index (κ3) is 3.65. The summed E-state index contributed by atoms with van der Waals surface area (Å²) < 4.78 is 5.92. The second-order valence-electron chi connectivity index (χ2n) is 4.71. The van der Waals surface area contributed by atoms with Crippen molar-refractivity contribution in [1.29, 1.82) is 0 Å². The molecule has 0 radical (unpaired) electrons. The van der Waals surface area contributed by atoms with E-state index in [2.05, 4.69) is 6.58 Å². The maximum atomic E-state index is 12.1. The number of carbonyl (C=O) groups excluding carboxylic acids is 1. The molecule has 0 heterocycles. The molecule has 0 bridgehead atoms. The highest BCUT2D eigenvalue weighted by Gasteiger charge is 2.24. The zero-order chi connectivity index (χ0) is 13.5. The minimum Gasteiger partial charge on any atom is -0.368 e. The van der Waals surface area contributed by atoms with Gasteiger partial charge in [-0.25, -0.2) is 0 Å². The van der Waals surface area contributed by atoms with Crippen molar-refractivity contribution >= 4 is 5.78 Å². The number of hydrogen-bond acceptors (Lipinski definition) is 2. The van der Waals surface area contributed by atoms with Gasteiger partial charge in [0.15, 0.2) is 5.78 Å². The van der Waals surface area contributed by atoms with Gasteiger partial charge in [-0.3, -0.25) is 4.79 Å². The number of benzene rings is 1. The van der Waals surface area contributed by atoms with E-state index < -0.39 is 0 Å². The quantitative estimate of drug-likeness (QED) is 0.568. The molecule has 0 fully saturated rings. The highest BCUT2D eigenvalue weighted by atomic mass is 16.5. The van der Waals surface area contributed by atoms with Crippen molar-refractivity contribution in [3.63, 3.8) is 0 Å². The van der Waals surface area contributed by atoms with Gasteiger partial charge in [0.25, 0.3) is 0 Å². The van der Waals surface area contributed by atoms with E-state index in [0.29, 0.717) is 13.0 Å². The molecule has 1 aliphatic rings. The molecule has 2 heteroatoms. The maximum absolute atomic E-state index is 12.1. The van der Waals surface area contributed by atoms with Crippen LogP contribution in [0, 0.1) is 0 Å². The van der Waals surface area contributed by atoms with Gasteiger partial charge in [-0.05, 0) is 24.8 Å². The summed E-state index contributed by atoms with van der Waals surface area (Å²) in [4.78, 5) is 12.1. The largest absolute Gasteiger partial charge is 0.368 e. The Morgan fingerprint density at radius 1 is 1.32 bits per heavy atom. The Kier molecular flexibility index (Phi) is 5.10. The molecule has 0 amide bonds. The molecule has 0 aliphatic heterocycles. The minimum absolute atomic E-state index is 0.221. The van der Waals surface area contributed by atoms with E-state index in [9.17, 15) is 4.79 Å². The predicted octanol–water partition coefficient (Wildman–Crippen LogP) is 4.00. The molecule has 1 aliphatic carbocycles. The number of carbonyl (C=O) groups is 1. The van der Waals surface area contributed by atoms with Gasteiger partial charge in [-0.1, -0.05) is 42.5 Å². The van der Waals surface area contributed by atoms with Crippen molar-refractivity contribution < 1.29 is 9.53 Å². The lowest BCUT2D eigenvalue weighted by Crippen LogP contribution is -2.17. The summed E-state index contributed by atoms with van der Waals surface area (Å²) >= 11 is 0. The van der Waals surface area contributed by atoms with Crippen LogP contribution in [0.2, 0.25) is 0 Å². The summed E-state index contributed by atoms with van der Waals surface area (Å²) in [7, 11) is 0. The van der Waals surface area contributed by atoms with E-state index in [1.54, 1.807) is 0 Å². The Balaban J connectivity index is 2.21. The average molecular weight is 256 g/mol. The molecule has 100 valence electrons. The molecule has 2 rings (SSSR count). The molecular weight excluding hydrogens is 236 g/mol. The summed E-state index contributed by atoms with van der Waals surface area (Å²) in [6.07, 6.45) is 7.00. The van der Waals surface area contributed by atoms with E-state index in [0.717, 1.165) is 30.4 Å². The standard InChI is InChI=1S/C17H20O2/c1-2-3-13-19-17(14-9-5-4-6-10-14)15-11-7-8-12-16(15)18/h2,4-6,9-11,17H,1,3,7-8,12-13H2. The summed E-state index contributed by atoms with van der Waals surface area (Å²) in [5, 5.41) is 0. The number of Topliss-reactive ketones (excluding diaryl/α,β-unsaturated/α-hetero) is 1. The molecule has 1 atom stereocenters. The van der Waals surface area contributed by atoms with Gasteiger partial charge in [-0.15, -0.1) is 6.58 Å². The Labute approximate surface area is 114 Å². The third-order valence-corrected chi connectivity index (χ3v) is 3.29. The van der Waals surface area contributed by atoms with E-state index in [1.807, 2.05) is 42.5 Å². The van der Waals surface area contributed by atoms with Crippen molar-refractivity contribution in [3.05, 3.63) is 60.2 Å². The Morgan fingerprint density at radius 3 is 2.79 bits per heavy atom. The maximum Gasteiger partial charge on any atom is 0.161 e. The van der Waals surface area contributed by atoms with Crippen LogP contribution in [0.3, 0.4) is 0 Å². The zero-order valence-corrected chi connectivity index (χ0v) is 11.2. The number of rotatable bonds is 6. The highest BCUT2D eigenvalue weighted by molar-refractivity contribution is 5.97. The first kappa shape index (κ1) is 13.8. The molecule has 1 aromatic rings. The number of ether oxygens (including phenoxy) is 1. The lowest BCUT2D eigenvalue weighted by atomic mass is 9.90.